The number of carbonyl (C=O) groups excluding carboxylic acids is 1. The molecule has 0 spiro atoms. The lowest BCUT2D eigenvalue weighted by Crippen LogP contribution is -2.14. The lowest BCUT2D eigenvalue weighted by molar-refractivity contribution is -0.144. The molecule has 0 heterocycles. The van der Waals surface area contributed by atoms with Gasteiger partial charge in [0.1, 0.15) is 0 Å². The van der Waals surface area contributed by atoms with Crippen molar-refractivity contribution in [3.05, 3.63) is 28.8 Å². The Morgan fingerprint density at radius 2 is 2.27 bits per heavy atom. The van der Waals surface area contributed by atoms with Crippen LogP contribution in [0, 0.1) is 0 Å². The second-order valence-corrected chi connectivity index (χ2v) is 3.68. The van der Waals surface area contributed by atoms with E-state index in [-0.39, 0.29) is 11.9 Å². The Balaban J connectivity index is 2.94. The van der Waals surface area contributed by atoms with Crippen LogP contribution in [-0.4, -0.2) is 12.6 Å². The van der Waals surface area contributed by atoms with Crippen LogP contribution in [0.2, 0.25) is 5.02 Å². The Hall–Kier alpha value is -1.22. The molecule has 0 aliphatic heterocycles. The highest BCUT2D eigenvalue weighted by Gasteiger charge is 2.18. The number of rotatable bonds is 3. The van der Waals surface area contributed by atoms with E-state index in [9.17, 15) is 4.79 Å². The second kappa shape index (κ2) is 5.03. The SMILES string of the molecule is CCOC(=O)C(C)c1cc(Cl)ccc1N. The van der Waals surface area contributed by atoms with Crippen LogP contribution in [0.25, 0.3) is 0 Å². The highest BCUT2D eigenvalue weighted by atomic mass is 35.5. The van der Waals surface area contributed by atoms with Crippen molar-refractivity contribution in [2.24, 2.45) is 0 Å². The van der Waals surface area contributed by atoms with Gasteiger partial charge in [-0.2, -0.15) is 0 Å². The predicted octanol–water partition coefficient (Wildman–Crippen LogP) is 2.59. The summed E-state index contributed by atoms with van der Waals surface area (Å²) in [5.41, 5.74) is 7.02. The molecule has 0 fully saturated rings. The zero-order valence-corrected chi connectivity index (χ0v) is 9.54. The standard InChI is InChI=1S/C11H14ClNO2/c1-3-15-11(14)7(2)9-6-8(12)4-5-10(9)13/h4-7H,3,13H2,1-2H3. The summed E-state index contributed by atoms with van der Waals surface area (Å²) in [6.07, 6.45) is 0. The number of halogens is 1. The number of nitrogens with two attached hydrogens (primary N) is 1. The molecule has 0 aromatic heterocycles. The van der Waals surface area contributed by atoms with Crippen molar-refractivity contribution in [3.63, 3.8) is 0 Å². The van der Waals surface area contributed by atoms with Crippen LogP contribution >= 0.6 is 11.6 Å². The Kier molecular flexibility index (Phi) is 3.97. The van der Waals surface area contributed by atoms with Gasteiger partial charge in [-0.05, 0) is 37.6 Å². The first-order valence-electron chi connectivity index (χ1n) is 4.77. The number of nitrogen functional groups attached to an aromatic ring is 1. The van der Waals surface area contributed by atoms with Crippen molar-refractivity contribution in [3.8, 4) is 0 Å². The van der Waals surface area contributed by atoms with Gasteiger partial charge in [0.15, 0.2) is 0 Å². The number of carbonyl (C=O) groups is 1. The summed E-state index contributed by atoms with van der Waals surface area (Å²) >= 11 is 5.83. The summed E-state index contributed by atoms with van der Waals surface area (Å²) in [6.45, 7) is 3.88. The van der Waals surface area contributed by atoms with Crippen LogP contribution in [0.5, 0.6) is 0 Å². The zero-order valence-electron chi connectivity index (χ0n) is 8.79. The molecule has 2 N–H and O–H groups in total. The molecule has 1 atom stereocenters. The molecule has 0 aliphatic carbocycles. The first kappa shape index (κ1) is 11.9. The Bertz CT molecular complexity index is 366. The number of benzene rings is 1. The van der Waals surface area contributed by atoms with Crippen molar-refractivity contribution in [1.82, 2.24) is 0 Å². The summed E-state index contributed by atoms with van der Waals surface area (Å²) in [5, 5.41) is 0.565. The first-order chi connectivity index (χ1) is 7.06. The zero-order chi connectivity index (χ0) is 11.4. The molecule has 0 amide bonds. The lowest BCUT2D eigenvalue weighted by atomic mass is 10.00. The van der Waals surface area contributed by atoms with E-state index < -0.39 is 0 Å². The van der Waals surface area contributed by atoms with Crippen LogP contribution in [0.4, 0.5) is 5.69 Å². The van der Waals surface area contributed by atoms with Crippen LogP contribution in [0.1, 0.15) is 25.3 Å². The molecule has 82 valence electrons. The molecule has 1 unspecified atom stereocenters. The minimum Gasteiger partial charge on any atom is -0.466 e. The monoisotopic (exact) mass is 227 g/mol. The maximum absolute atomic E-state index is 11.5. The van der Waals surface area contributed by atoms with E-state index in [1.807, 2.05) is 0 Å². The Labute approximate surface area is 94.2 Å². The van der Waals surface area contributed by atoms with Crippen LogP contribution in [0.15, 0.2) is 18.2 Å². The molecule has 3 nitrogen and oxygen atoms in total. The fraction of sp³-hybridized carbons (Fsp3) is 0.364. The third kappa shape index (κ3) is 2.86. The topological polar surface area (TPSA) is 52.3 Å². The number of hydrogen-bond acceptors (Lipinski definition) is 3. The van der Waals surface area contributed by atoms with Crippen LogP contribution in [0.3, 0.4) is 0 Å². The molecule has 15 heavy (non-hydrogen) atoms. The van der Waals surface area contributed by atoms with Gasteiger partial charge in [0.05, 0.1) is 12.5 Å². The smallest absolute Gasteiger partial charge is 0.313 e. The molecule has 0 radical (unpaired) electrons. The van der Waals surface area contributed by atoms with Crippen molar-refractivity contribution in [2.45, 2.75) is 19.8 Å². The van der Waals surface area contributed by atoms with Crippen molar-refractivity contribution < 1.29 is 9.53 Å². The van der Waals surface area contributed by atoms with E-state index in [2.05, 4.69) is 0 Å². The van der Waals surface area contributed by atoms with Crippen molar-refractivity contribution in [2.75, 3.05) is 12.3 Å². The third-order valence-electron chi connectivity index (χ3n) is 2.16. The third-order valence-corrected chi connectivity index (χ3v) is 2.39. The molecule has 1 rings (SSSR count). The number of ether oxygens (including phenoxy) is 1. The maximum atomic E-state index is 11.5. The van der Waals surface area contributed by atoms with Gasteiger partial charge in [-0.15, -0.1) is 0 Å². The van der Waals surface area contributed by atoms with Crippen LogP contribution < -0.4 is 5.73 Å². The van der Waals surface area contributed by atoms with Gasteiger partial charge in [0.25, 0.3) is 0 Å². The molecule has 0 aliphatic rings. The minimum atomic E-state index is -0.386. The summed E-state index contributed by atoms with van der Waals surface area (Å²) in [5.74, 6) is -0.671. The van der Waals surface area contributed by atoms with Gasteiger partial charge in [-0.25, -0.2) is 0 Å². The average Bonchev–Trinajstić information content (AvgIpc) is 2.21. The Morgan fingerprint density at radius 1 is 1.60 bits per heavy atom. The van der Waals surface area contributed by atoms with Crippen molar-refractivity contribution >= 4 is 23.3 Å². The van der Waals surface area contributed by atoms with E-state index in [0.29, 0.717) is 22.9 Å². The highest BCUT2D eigenvalue weighted by molar-refractivity contribution is 6.30. The molecule has 1 aromatic rings. The number of anilines is 1. The van der Waals surface area contributed by atoms with Gasteiger partial charge in [0, 0.05) is 10.7 Å². The minimum absolute atomic E-state index is 0.286. The molecular weight excluding hydrogens is 214 g/mol. The average molecular weight is 228 g/mol. The van der Waals surface area contributed by atoms with Crippen LogP contribution in [-0.2, 0) is 9.53 Å². The number of hydrogen-bond donors (Lipinski definition) is 1. The normalized spacial score (nSPS) is 12.2. The number of esters is 1. The summed E-state index contributed by atoms with van der Waals surface area (Å²) in [6, 6.07) is 5.07. The van der Waals surface area contributed by atoms with Gasteiger partial charge >= 0.3 is 5.97 Å². The summed E-state index contributed by atoms with van der Waals surface area (Å²) in [4.78, 5) is 11.5. The van der Waals surface area contributed by atoms with Crippen molar-refractivity contribution in [1.29, 1.82) is 0 Å². The molecule has 0 saturated heterocycles. The van der Waals surface area contributed by atoms with Gasteiger partial charge in [-0.3, -0.25) is 4.79 Å². The van der Waals surface area contributed by atoms with E-state index >= 15 is 0 Å². The molecule has 0 saturated carbocycles. The fourth-order valence-electron chi connectivity index (χ4n) is 1.31. The lowest BCUT2D eigenvalue weighted by Gasteiger charge is -2.13. The van der Waals surface area contributed by atoms with E-state index in [1.165, 1.54) is 0 Å². The largest absolute Gasteiger partial charge is 0.466 e. The summed E-state index contributed by atoms with van der Waals surface area (Å²) < 4.78 is 4.92. The molecule has 1 aromatic carbocycles. The van der Waals surface area contributed by atoms with Gasteiger partial charge < -0.3 is 10.5 Å². The van der Waals surface area contributed by atoms with Gasteiger partial charge in [-0.1, -0.05) is 11.6 Å². The summed E-state index contributed by atoms with van der Waals surface area (Å²) in [7, 11) is 0. The van der Waals surface area contributed by atoms with Gasteiger partial charge in [0.2, 0.25) is 0 Å². The first-order valence-corrected chi connectivity index (χ1v) is 5.15. The molecular formula is C11H14ClNO2. The fourth-order valence-corrected chi connectivity index (χ4v) is 1.50. The highest BCUT2D eigenvalue weighted by Crippen LogP contribution is 2.26. The van der Waals surface area contributed by atoms with E-state index in [1.54, 1.807) is 32.0 Å². The van der Waals surface area contributed by atoms with E-state index in [0.717, 1.165) is 0 Å². The Morgan fingerprint density at radius 3 is 2.87 bits per heavy atom. The quantitative estimate of drug-likeness (QED) is 0.638. The van der Waals surface area contributed by atoms with E-state index in [4.69, 9.17) is 22.1 Å². The molecule has 4 heteroatoms. The second-order valence-electron chi connectivity index (χ2n) is 3.25. The maximum Gasteiger partial charge on any atom is 0.313 e. The molecule has 0 bridgehead atoms. The predicted molar refractivity (Wildman–Crippen MR) is 60.9 cm³/mol.